The lowest BCUT2D eigenvalue weighted by atomic mass is 10.1. The molecule has 0 saturated heterocycles. The second kappa shape index (κ2) is 4.29. The van der Waals surface area contributed by atoms with Gasteiger partial charge in [0.15, 0.2) is 11.4 Å². The Morgan fingerprint density at radius 1 is 1.35 bits per heavy atom. The number of carboxylic acid groups (broad SMARTS) is 1. The Morgan fingerprint density at radius 3 is 2.59 bits per heavy atom. The lowest BCUT2D eigenvalue weighted by Gasteiger charge is -2.05. The molecule has 88 valence electrons. The predicted molar refractivity (Wildman–Crippen MR) is 61.1 cm³/mol. The molecule has 2 rings (SSSR count). The van der Waals surface area contributed by atoms with Crippen molar-refractivity contribution < 1.29 is 15.0 Å². The highest BCUT2D eigenvalue weighted by Gasteiger charge is 2.17. The second-order valence-electron chi connectivity index (χ2n) is 3.83. The number of carbonyl (C=O) groups is 1. The molecule has 1 aromatic carbocycles. The van der Waals surface area contributed by atoms with Crippen LogP contribution in [0, 0.1) is 6.92 Å². The highest BCUT2D eigenvalue weighted by Crippen LogP contribution is 2.17. The third-order valence-corrected chi connectivity index (χ3v) is 2.48. The molecule has 5 nitrogen and oxygen atoms in total. The van der Waals surface area contributed by atoms with Gasteiger partial charge in [-0.15, -0.1) is 0 Å². The SMILES string of the molecule is Cc1ccc(Cn2ncc(O)c2C(=O)O)cc1. The Balaban J connectivity index is 2.30. The van der Waals surface area contributed by atoms with E-state index in [1.54, 1.807) is 0 Å². The summed E-state index contributed by atoms with van der Waals surface area (Å²) in [5.41, 5.74) is 1.88. The third-order valence-electron chi connectivity index (χ3n) is 2.48. The Bertz CT molecular complexity index is 543. The normalized spacial score (nSPS) is 10.4. The number of aromatic hydroxyl groups is 1. The molecule has 1 heterocycles. The van der Waals surface area contributed by atoms with Crippen LogP contribution in [0.3, 0.4) is 0 Å². The number of aromatic nitrogens is 2. The minimum absolute atomic E-state index is 0.189. The van der Waals surface area contributed by atoms with Gasteiger partial charge in [-0.1, -0.05) is 29.8 Å². The number of benzene rings is 1. The molecular formula is C12H12N2O3. The molecule has 0 fully saturated rings. The predicted octanol–water partition coefficient (Wildman–Crippen LogP) is 1.64. The van der Waals surface area contributed by atoms with Crippen molar-refractivity contribution >= 4 is 5.97 Å². The van der Waals surface area contributed by atoms with Gasteiger partial charge in [-0.2, -0.15) is 5.10 Å². The van der Waals surface area contributed by atoms with E-state index in [-0.39, 0.29) is 11.4 Å². The molecule has 17 heavy (non-hydrogen) atoms. The lowest BCUT2D eigenvalue weighted by Crippen LogP contribution is -2.11. The van der Waals surface area contributed by atoms with Gasteiger partial charge in [0.1, 0.15) is 0 Å². The van der Waals surface area contributed by atoms with Gasteiger partial charge in [0, 0.05) is 0 Å². The van der Waals surface area contributed by atoms with Crippen LogP contribution in [-0.4, -0.2) is 26.0 Å². The maximum atomic E-state index is 10.9. The number of hydrogen-bond acceptors (Lipinski definition) is 3. The summed E-state index contributed by atoms with van der Waals surface area (Å²) in [7, 11) is 0. The summed E-state index contributed by atoms with van der Waals surface area (Å²) < 4.78 is 1.27. The van der Waals surface area contributed by atoms with Crippen LogP contribution in [0.1, 0.15) is 21.6 Å². The van der Waals surface area contributed by atoms with Crippen molar-refractivity contribution in [3.63, 3.8) is 0 Å². The van der Waals surface area contributed by atoms with Crippen LogP contribution in [0.4, 0.5) is 0 Å². The van der Waals surface area contributed by atoms with Crippen molar-refractivity contribution in [2.45, 2.75) is 13.5 Å². The van der Waals surface area contributed by atoms with Crippen LogP contribution < -0.4 is 0 Å². The van der Waals surface area contributed by atoms with Gasteiger partial charge in [0.2, 0.25) is 0 Å². The van der Waals surface area contributed by atoms with Crippen molar-refractivity contribution in [3.05, 3.63) is 47.3 Å². The van der Waals surface area contributed by atoms with Gasteiger partial charge in [0.05, 0.1) is 12.7 Å². The van der Waals surface area contributed by atoms with Crippen molar-refractivity contribution in [1.82, 2.24) is 9.78 Å². The first-order valence-electron chi connectivity index (χ1n) is 5.11. The van der Waals surface area contributed by atoms with Crippen LogP contribution >= 0.6 is 0 Å². The van der Waals surface area contributed by atoms with Crippen LogP contribution in [0.2, 0.25) is 0 Å². The van der Waals surface area contributed by atoms with Gasteiger partial charge in [-0.25, -0.2) is 4.79 Å². The molecule has 0 aliphatic rings. The molecule has 0 radical (unpaired) electrons. The summed E-state index contributed by atoms with van der Waals surface area (Å²) in [4.78, 5) is 10.9. The van der Waals surface area contributed by atoms with Crippen LogP contribution in [-0.2, 0) is 6.54 Å². The molecule has 0 aliphatic carbocycles. The first-order valence-corrected chi connectivity index (χ1v) is 5.11. The number of hydrogen-bond donors (Lipinski definition) is 2. The van der Waals surface area contributed by atoms with Crippen molar-refractivity contribution in [1.29, 1.82) is 0 Å². The number of carboxylic acids is 1. The van der Waals surface area contributed by atoms with Crippen LogP contribution in [0.15, 0.2) is 30.5 Å². The van der Waals surface area contributed by atoms with E-state index < -0.39 is 5.97 Å². The Hall–Kier alpha value is -2.30. The van der Waals surface area contributed by atoms with Gasteiger partial charge in [-0.3, -0.25) is 4.68 Å². The summed E-state index contributed by atoms with van der Waals surface area (Å²) in [6.45, 7) is 2.30. The van der Waals surface area contributed by atoms with Crippen molar-refractivity contribution in [2.75, 3.05) is 0 Å². The maximum Gasteiger partial charge on any atom is 0.358 e. The van der Waals surface area contributed by atoms with E-state index in [1.165, 1.54) is 4.68 Å². The molecular weight excluding hydrogens is 220 g/mol. The minimum atomic E-state index is -1.19. The molecule has 0 bridgehead atoms. The zero-order chi connectivity index (χ0) is 12.4. The van der Waals surface area contributed by atoms with E-state index >= 15 is 0 Å². The average Bonchev–Trinajstić information content (AvgIpc) is 2.63. The number of nitrogens with zero attached hydrogens (tertiary/aromatic N) is 2. The highest BCUT2D eigenvalue weighted by molar-refractivity contribution is 5.88. The van der Waals surface area contributed by atoms with Gasteiger partial charge >= 0.3 is 5.97 Å². The lowest BCUT2D eigenvalue weighted by molar-refractivity contribution is 0.0680. The van der Waals surface area contributed by atoms with Crippen molar-refractivity contribution in [2.24, 2.45) is 0 Å². The topological polar surface area (TPSA) is 75.3 Å². The molecule has 2 aromatic rings. The van der Waals surface area contributed by atoms with E-state index in [1.807, 2.05) is 31.2 Å². The average molecular weight is 232 g/mol. The monoisotopic (exact) mass is 232 g/mol. The molecule has 0 atom stereocenters. The third kappa shape index (κ3) is 2.28. The second-order valence-corrected chi connectivity index (χ2v) is 3.83. The van der Waals surface area contributed by atoms with Crippen molar-refractivity contribution in [3.8, 4) is 5.75 Å². The van der Waals surface area contributed by atoms with Crippen LogP contribution in [0.5, 0.6) is 5.75 Å². The number of aromatic carboxylic acids is 1. The van der Waals surface area contributed by atoms with E-state index in [0.717, 1.165) is 17.3 Å². The Labute approximate surface area is 97.9 Å². The smallest absolute Gasteiger partial charge is 0.358 e. The molecule has 5 heteroatoms. The quantitative estimate of drug-likeness (QED) is 0.843. The molecule has 0 unspecified atom stereocenters. The van der Waals surface area contributed by atoms with E-state index in [2.05, 4.69) is 5.10 Å². The molecule has 0 aliphatic heterocycles. The first-order chi connectivity index (χ1) is 8.08. The molecule has 0 amide bonds. The summed E-state index contributed by atoms with van der Waals surface area (Å²) in [6, 6.07) is 7.69. The fourth-order valence-electron chi connectivity index (χ4n) is 1.58. The Morgan fingerprint density at radius 2 is 2.00 bits per heavy atom. The molecule has 1 aromatic heterocycles. The summed E-state index contributed by atoms with van der Waals surface area (Å²) >= 11 is 0. The van der Waals surface area contributed by atoms with Gasteiger partial charge in [0.25, 0.3) is 0 Å². The van der Waals surface area contributed by atoms with E-state index in [9.17, 15) is 9.90 Å². The zero-order valence-electron chi connectivity index (χ0n) is 9.29. The summed E-state index contributed by atoms with van der Waals surface area (Å²) in [6.07, 6.45) is 1.14. The molecule has 0 saturated carbocycles. The number of aryl methyl sites for hydroxylation is 1. The maximum absolute atomic E-state index is 10.9. The minimum Gasteiger partial charge on any atom is -0.504 e. The van der Waals surface area contributed by atoms with Gasteiger partial charge < -0.3 is 10.2 Å². The molecule has 0 spiro atoms. The fraction of sp³-hybridized carbons (Fsp3) is 0.167. The fourth-order valence-corrected chi connectivity index (χ4v) is 1.58. The highest BCUT2D eigenvalue weighted by atomic mass is 16.4. The number of rotatable bonds is 3. The van der Waals surface area contributed by atoms with Gasteiger partial charge in [-0.05, 0) is 12.5 Å². The first kappa shape index (κ1) is 11.2. The Kier molecular flexibility index (Phi) is 2.82. The summed E-state index contributed by atoms with van der Waals surface area (Å²) in [5.74, 6) is -1.50. The molecule has 2 N–H and O–H groups in total. The summed E-state index contributed by atoms with van der Waals surface area (Å²) in [5, 5.41) is 22.1. The zero-order valence-corrected chi connectivity index (χ0v) is 9.29. The van der Waals surface area contributed by atoms with E-state index in [4.69, 9.17) is 5.11 Å². The van der Waals surface area contributed by atoms with E-state index in [0.29, 0.717) is 6.54 Å². The van der Waals surface area contributed by atoms with Crippen LogP contribution in [0.25, 0.3) is 0 Å². The largest absolute Gasteiger partial charge is 0.504 e. The standard InChI is InChI=1S/C12H12N2O3/c1-8-2-4-9(5-3-8)7-14-11(12(16)17)10(15)6-13-14/h2-6,15H,7H2,1H3,(H,16,17).